The fraction of sp³-hybridized carbons (Fsp3) is 0. The maximum Gasteiger partial charge on any atom is 0.293 e. The number of nitrogens with zero attached hydrogens (tertiary/aromatic N) is 1. The van der Waals surface area contributed by atoms with Crippen molar-refractivity contribution in [2.24, 2.45) is 0 Å². The standard InChI is InChI=1S/C25H16N2O3S/c28-22(17-11-5-2-6-12-17)23-21(16-9-3-1-4-10-16)26-25(31-23)27-24(29)20-15-18-13-7-8-14-19(18)30-20/h1-15H,(H,26,27,29). The van der Waals surface area contributed by atoms with E-state index >= 15 is 0 Å². The van der Waals surface area contributed by atoms with Crippen LogP contribution in [0.3, 0.4) is 0 Å². The van der Waals surface area contributed by atoms with Crippen LogP contribution in [0.5, 0.6) is 0 Å². The number of para-hydroxylation sites is 1. The van der Waals surface area contributed by atoms with Gasteiger partial charge in [-0.25, -0.2) is 4.98 Å². The number of hydrogen-bond donors (Lipinski definition) is 1. The molecule has 0 saturated carbocycles. The molecule has 1 N–H and O–H groups in total. The molecule has 0 bridgehead atoms. The summed E-state index contributed by atoms with van der Waals surface area (Å²) in [7, 11) is 0. The number of carbonyl (C=O) groups is 2. The number of thiazole rings is 1. The van der Waals surface area contributed by atoms with Crippen molar-refractivity contribution < 1.29 is 14.0 Å². The zero-order valence-electron chi connectivity index (χ0n) is 16.2. The number of benzene rings is 3. The largest absolute Gasteiger partial charge is 0.451 e. The van der Waals surface area contributed by atoms with Crippen molar-refractivity contribution >= 4 is 39.1 Å². The normalized spacial score (nSPS) is 10.8. The number of anilines is 1. The quantitative estimate of drug-likeness (QED) is 0.349. The maximum absolute atomic E-state index is 13.2. The summed E-state index contributed by atoms with van der Waals surface area (Å²) in [4.78, 5) is 31.0. The minimum Gasteiger partial charge on any atom is -0.451 e. The second-order valence-corrected chi connectivity index (χ2v) is 7.86. The van der Waals surface area contributed by atoms with Crippen molar-refractivity contribution in [2.45, 2.75) is 0 Å². The van der Waals surface area contributed by atoms with Gasteiger partial charge in [-0.15, -0.1) is 0 Å². The fourth-order valence-corrected chi connectivity index (χ4v) is 4.24. The Morgan fingerprint density at radius 2 is 1.52 bits per heavy atom. The monoisotopic (exact) mass is 424 g/mol. The molecule has 5 nitrogen and oxygen atoms in total. The Kier molecular flexibility index (Phi) is 4.90. The molecule has 3 aromatic carbocycles. The van der Waals surface area contributed by atoms with Crippen LogP contribution in [0, 0.1) is 0 Å². The second kappa shape index (κ2) is 8.01. The van der Waals surface area contributed by atoms with E-state index in [9.17, 15) is 9.59 Å². The highest BCUT2D eigenvalue weighted by atomic mass is 32.1. The molecule has 0 atom stereocenters. The molecule has 5 aromatic rings. The van der Waals surface area contributed by atoms with Crippen LogP contribution < -0.4 is 5.32 Å². The Morgan fingerprint density at radius 1 is 0.839 bits per heavy atom. The Bertz CT molecular complexity index is 1360. The number of aromatic nitrogens is 1. The Labute approximate surface area is 182 Å². The van der Waals surface area contributed by atoms with Crippen molar-refractivity contribution in [1.82, 2.24) is 4.98 Å². The molecule has 2 aromatic heterocycles. The van der Waals surface area contributed by atoms with Crippen LogP contribution in [-0.4, -0.2) is 16.7 Å². The van der Waals surface area contributed by atoms with Gasteiger partial charge in [0.25, 0.3) is 5.91 Å². The summed E-state index contributed by atoms with van der Waals surface area (Å²) >= 11 is 1.15. The number of rotatable bonds is 5. The van der Waals surface area contributed by atoms with E-state index in [2.05, 4.69) is 10.3 Å². The number of carbonyl (C=O) groups excluding carboxylic acids is 2. The Balaban J connectivity index is 1.51. The van der Waals surface area contributed by atoms with Crippen LogP contribution in [-0.2, 0) is 0 Å². The van der Waals surface area contributed by atoms with Gasteiger partial charge in [0.15, 0.2) is 10.9 Å². The van der Waals surface area contributed by atoms with E-state index in [1.807, 2.05) is 66.7 Å². The summed E-state index contributed by atoms with van der Waals surface area (Å²) in [6.45, 7) is 0. The van der Waals surface area contributed by atoms with Gasteiger partial charge >= 0.3 is 0 Å². The molecule has 5 rings (SSSR count). The Morgan fingerprint density at radius 3 is 2.26 bits per heavy atom. The van der Waals surface area contributed by atoms with E-state index in [1.54, 1.807) is 24.3 Å². The molecule has 2 heterocycles. The van der Waals surface area contributed by atoms with Crippen molar-refractivity contribution in [2.75, 3.05) is 5.32 Å². The van der Waals surface area contributed by atoms with E-state index in [0.29, 0.717) is 26.8 Å². The minimum absolute atomic E-state index is 0.138. The molecule has 0 aliphatic rings. The third kappa shape index (κ3) is 3.76. The van der Waals surface area contributed by atoms with Crippen LogP contribution in [0.2, 0.25) is 0 Å². The van der Waals surface area contributed by atoms with Crippen molar-refractivity contribution in [3.63, 3.8) is 0 Å². The number of furan rings is 1. The number of ketones is 1. The molecule has 0 aliphatic carbocycles. The van der Waals surface area contributed by atoms with Gasteiger partial charge in [-0.05, 0) is 12.1 Å². The van der Waals surface area contributed by atoms with E-state index in [4.69, 9.17) is 4.42 Å². The van der Waals surface area contributed by atoms with Gasteiger partial charge in [0.1, 0.15) is 10.5 Å². The average molecular weight is 424 g/mol. The first-order chi connectivity index (χ1) is 15.2. The lowest BCUT2D eigenvalue weighted by Crippen LogP contribution is -2.10. The fourth-order valence-electron chi connectivity index (χ4n) is 3.29. The lowest BCUT2D eigenvalue weighted by molar-refractivity contribution is 0.0997. The maximum atomic E-state index is 13.2. The predicted molar refractivity (Wildman–Crippen MR) is 122 cm³/mol. The van der Waals surface area contributed by atoms with Crippen LogP contribution in [0.25, 0.3) is 22.2 Å². The number of hydrogen-bond acceptors (Lipinski definition) is 5. The highest BCUT2D eigenvalue weighted by molar-refractivity contribution is 7.18. The summed E-state index contributed by atoms with van der Waals surface area (Å²) in [6, 6.07) is 27.6. The van der Waals surface area contributed by atoms with E-state index in [0.717, 1.165) is 22.3 Å². The highest BCUT2D eigenvalue weighted by Gasteiger charge is 2.22. The highest BCUT2D eigenvalue weighted by Crippen LogP contribution is 2.33. The van der Waals surface area contributed by atoms with Gasteiger partial charge in [-0.3, -0.25) is 14.9 Å². The van der Waals surface area contributed by atoms with Crippen LogP contribution >= 0.6 is 11.3 Å². The molecule has 31 heavy (non-hydrogen) atoms. The predicted octanol–water partition coefficient (Wildman–Crippen LogP) is 6.04. The number of amides is 1. The SMILES string of the molecule is O=C(Nc1nc(-c2ccccc2)c(C(=O)c2ccccc2)s1)c1cc2ccccc2o1. The van der Waals surface area contributed by atoms with E-state index < -0.39 is 5.91 Å². The first-order valence-corrected chi connectivity index (χ1v) is 10.5. The summed E-state index contributed by atoms with van der Waals surface area (Å²) in [5.74, 6) is -0.363. The molecule has 0 saturated heterocycles. The molecule has 0 unspecified atom stereocenters. The summed E-state index contributed by atoms with van der Waals surface area (Å²) in [5, 5.41) is 3.96. The van der Waals surface area contributed by atoms with E-state index in [-0.39, 0.29) is 11.5 Å². The smallest absolute Gasteiger partial charge is 0.293 e. The van der Waals surface area contributed by atoms with Gasteiger partial charge in [-0.2, -0.15) is 0 Å². The minimum atomic E-state index is -0.414. The molecular weight excluding hydrogens is 408 g/mol. The molecule has 6 heteroatoms. The van der Waals surface area contributed by atoms with Gasteiger partial charge in [-0.1, -0.05) is 90.2 Å². The van der Waals surface area contributed by atoms with Crippen LogP contribution in [0.1, 0.15) is 25.8 Å². The van der Waals surface area contributed by atoms with Crippen molar-refractivity contribution in [1.29, 1.82) is 0 Å². The first-order valence-electron chi connectivity index (χ1n) is 9.65. The van der Waals surface area contributed by atoms with Crippen molar-refractivity contribution in [3.8, 4) is 11.3 Å². The molecular formula is C25H16N2O3S. The lowest BCUT2D eigenvalue weighted by Gasteiger charge is -2.02. The first kappa shape index (κ1) is 19.0. The number of fused-ring (bicyclic) bond motifs is 1. The zero-order chi connectivity index (χ0) is 21.2. The van der Waals surface area contributed by atoms with Crippen molar-refractivity contribution in [3.05, 3.63) is 107 Å². The molecule has 0 aliphatic heterocycles. The van der Waals surface area contributed by atoms with Gasteiger partial charge in [0, 0.05) is 16.5 Å². The van der Waals surface area contributed by atoms with E-state index in [1.165, 1.54) is 0 Å². The second-order valence-electron chi connectivity index (χ2n) is 6.86. The molecule has 150 valence electrons. The molecule has 1 amide bonds. The van der Waals surface area contributed by atoms with Gasteiger partial charge in [0.2, 0.25) is 5.78 Å². The zero-order valence-corrected chi connectivity index (χ0v) is 17.1. The van der Waals surface area contributed by atoms with Gasteiger partial charge < -0.3 is 4.42 Å². The topological polar surface area (TPSA) is 72.2 Å². The number of nitrogens with one attached hydrogen (secondary N) is 1. The van der Waals surface area contributed by atoms with Crippen LogP contribution in [0.4, 0.5) is 5.13 Å². The Hall–Kier alpha value is -4.03. The third-order valence-corrected chi connectivity index (χ3v) is 5.76. The molecule has 0 radical (unpaired) electrons. The lowest BCUT2D eigenvalue weighted by atomic mass is 10.1. The molecule has 0 spiro atoms. The summed E-state index contributed by atoms with van der Waals surface area (Å²) in [6.07, 6.45) is 0. The third-order valence-electron chi connectivity index (χ3n) is 4.79. The van der Waals surface area contributed by atoms with Crippen LogP contribution in [0.15, 0.2) is 95.4 Å². The van der Waals surface area contributed by atoms with Gasteiger partial charge in [0.05, 0.1) is 5.69 Å². The summed E-state index contributed by atoms with van der Waals surface area (Å²) < 4.78 is 5.64. The summed E-state index contributed by atoms with van der Waals surface area (Å²) in [5.41, 5.74) is 2.55. The molecule has 0 fully saturated rings. The average Bonchev–Trinajstić information content (AvgIpc) is 3.44.